The summed E-state index contributed by atoms with van der Waals surface area (Å²) in [6.45, 7) is 4.62. The fraction of sp³-hybridized carbons (Fsp3) is 0.227. The fourth-order valence-corrected chi connectivity index (χ4v) is 3.52. The van der Waals surface area contributed by atoms with Crippen LogP contribution < -0.4 is 4.74 Å². The molecule has 0 unspecified atom stereocenters. The second kappa shape index (κ2) is 7.40. The van der Waals surface area contributed by atoms with E-state index in [2.05, 4.69) is 16.1 Å². The van der Waals surface area contributed by atoms with Gasteiger partial charge in [0.2, 0.25) is 0 Å². The molecule has 0 saturated heterocycles. The molecule has 0 spiro atoms. The molecular formula is C22H22N4O2. The monoisotopic (exact) mass is 374 g/mol. The van der Waals surface area contributed by atoms with Crippen LogP contribution in [0, 0.1) is 6.92 Å². The topological polar surface area (TPSA) is 73.1 Å². The van der Waals surface area contributed by atoms with Crippen molar-refractivity contribution in [2.45, 2.75) is 27.0 Å². The predicted octanol–water partition coefficient (Wildman–Crippen LogP) is 3.99. The molecule has 0 aliphatic carbocycles. The fourth-order valence-electron chi connectivity index (χ4n) is 3.52. The minimum atomic E-state index is -0.134. The van der Waals surface area contributed by atoms with Crippen LogP contribution in [0.25, 0.3) is 33.4 Å². The summed E-state index contributed by atoms with van der Waals surface area (Å²) in [6, 6.07) is 9.77. The summed E-state index contributed by atoms with van der Waals surface area (Å²) in [5, 5.41) is 15.7. The lowest BCUT2D eigenvalue weighted by Gasteiger charge is -2.15. The number of hydrogen-bond acceptors (Lipinski definition) is 5. The molecule has 0 fully saturated rings. The molecule has 3 heterocycles. The van der Waals surface area contributed by atoms with E-state index < -0.39 is 0 Å². The van der Waals surface area contributed by atoms with Gasteiger partial charge >= 0.3 is 0 Å². The maximum Gasteiger partial charge on any atom is 0.159 e. The van der Waals surface area contributed by atoms with Gasteiger partial charge in [0, 0.05) is 46.6 Å². The maximum absolute atomic E-state index is 10.3. The van der Waals surface area contributed by atoms with Gasteiger partial charge in [0.1, 0.15) is 5.75 Å². The number of hydrogen-bond donors (Lipinski definition) is 1. The van der Waals surface area contributed by atoms with Crippen molar-refractivity contribution in [1.82, 2.24) is 19.7 Å². The average Bonchev–Trinajstić information content (AvgIpc) is 3.15. The van der Waals surface area contributed by atoms with E-state index in [1.54, 1.807) is 7.11 Å². The van der Waals surface area contributed by atoms with E-state index in [9.17, 15) is 5.11 Å². The molecular weight excluding hydrogens is 352 g/mol. The number of aromatic nitrogens is 4. The van der Waals surface area contributed by atoms with Crippen LogP contribution in [0.15, 0.2) is 48.9 Å². The van der Waals surface area contributed by atoms with Gasteiger partial charge in [-0.1, -0.05) is 0 Å². The molecule has 1 N–H and O–H groups in total. The van der Waals surface area contributed by atoms with Gasteiger partial charge in [-0.15, -0.1) is 0 Å². The summed E-state index contributed by atoms with van der Waals surface area (Å²) < 4.78 is 7.14. The van der Waals surface area contributed by atoms with Gasteiger partial charge in [0.15, 0.2) is 5.65 Å². The zero-order valence-electron chi connectivity index (χ0n) is 16.2. The molecule has 6 heteroatoms. The second-order valence-electron chi connectivity index (χ2n) is 6.65. The number of methoxy groups -OCH3 is 1. The van der Waals surface area contributed by atoms with Crippen molar-refractivity contribution in [3.8, 4) is 28.1 Å². The van der Waals surface area contributed by atoms with E-state index in [-0.39, 0.29) is 6.61 Å². The van der Waals surface area contributed by atoms with E-state index in [4.69, 9.17) is 9.72 Å². The largest absolute Gasteiger partial charge is 0.497 e. The molecule has 6 nitrogen and oxygen atoms in total. The van der Waals surface area contributed by atoms with Crippen LogP contribution in [0.3, 0.4) is 0 Å². The van der Waals surface area contributed by atoms with Gasteiger partial charge in [-0.05, 0) is 49.7 Å². The van der Waals surface area contributed by atoms with Crippen molar-refractivity contribution in [2.24, 2.45) is 0 Å². The third-order valence-electron chi connectivity index (χ3n) is 4.87. The quantitative estimate of drug-likeness (QED) is 0.572. The van der Waals surface area contributed by atoms with Crippen molar-refractivity contribution in [3.05, 3.63) is 60.0 Å². The Hall–Kier alpha value is -3.25. The third kappa shape index (κ3) is 3.01. The molecule has 1 aromatic carbocycles. The lowest BCUT2D eigenvalue weighted by molar-refractivity contribution is 0.282. The average molecular weight is 374 g/mol. The Kier molecular flexibility index (Phi) is 4.79. The van der Waals surface area contributed by atoms with E-state index in [1.165, 1.54) is 0 Å². The normalized spacial score (nSPS) is 11.1. The number of aliphatic hydroxyl groups excluding tert-OH is 1. The number of aliphatic hydroxyl groups is 1. The van der Waals surface area contributed by atoms with Crippen LogP contribution in [-0.4, -0.2) is 32.0 Å². The van der Waals surface area contributed by atoms with Crippen molar-refractivity contribution < 1.29 is 9.84 Å². The van der Waals surface area contributed by atoms with Gasteiger partial charge in [0.25, 0.3) is 0 Å². The number of pyridine rings is 2. The molecule has 0 amide bonds. The van der Waals surface area contributed by atoms with Crippen molar-refractivity contribution in [1.29, 1.82) is 0 Å². The molecule has 0 atom stereocenters. The standard InChI is InChI=1S/C22H22N4O2/c1-4-26-22-18(12-24-26)20(16-9-14(2)10-23-11-16)19(13-27)21(25-22)15-5-7-17(28-3)8-6-15/h5-12,27H,4,13H2,1-3H3. The first-order chi connectivity index (χ1) is 13.7. The first-order valence-electron chi connectivity index (χ1n) is 9.22. The van der Waals surface area contributed by atoms with Gasteiger partial charge in [-0.3, -0.25) is 4.98 Å². The number of rotatable bonds is 5. The van der Waals surface area contributed by atoms with Crippen molar-refractivity contribution in [2.75, 3.05) is 7.11 Å². The number of benzene rings is 1. The minimum absolute atomic E-state index is 0.134. The maximum atomic E-state index is 10.3. The number of ether oxygens (including phenoxy) is 1. The molecule has 4 aromatic rings. The SMILES string of the molecule is CCn1ncc2c(-c3cncc(C)c3)c(CO)c(-c3ccc(OC)cc3)nc21. The van der Waals surface area contributed by atoms with E-state index in [0.717, 1.165) is 50.3 Å². The Morgan fingerprint density at radius 2 is 1.86 bits per heavy atom. The number of nitrogens with zero attached hydrogens (tertiary/aromatic N) is 4. The summed E-state index contributed by atoms with van der Waals surface area (Å²) in [4.78, 5) is 9.24. The molecule has 0 bridgehead atoms. The van der Waals surface area contributed by atoms with Gasteiger partial charge in [-0.25, -0.2) is 9.67 Å². The molecule has 0 radical (unpaired) electrons. The molecule has 0 aliphatic rings. The lowest BCUT2D eigenvalue weighted by Crippen LogP contribution is -2.03. The summed E-state index contributed by atoms with van der Waals surface area (Å²) in [5.41, 5.74) is 6.14. The smallest absolute Gasteiger partial charge is 0.159 e. The minimum Gasteiger partial charge on any atom is -0.497 e. The molecule has 28 heavy (non-hydrogen) atoms. The van der Waals surface area contributed by atoms with Crippen LogP contribution in [0.5, 0.6) is 5.75 Å². The van der Waals surface area contributed by atoms with Gasteiger partial charge < -0.3 is 9.84 Å². The Morgan fingerprint density at radius 1 is 1.07 bits per heavy atom. The summed E-state index contributed by atoms with van der Waals surface area (Å²) in [7, 11) is 1.64. The first kappa shape index (κ1) is 18.1. The Balaban J connectivity index is 2.07. The molecule has 3 aromatic heterocycles. The summed E-state index contributed by atoms with van der Waals surface area (Å²) in [5.74, 6) is 0.775. The summed E-state index contributed by atoms with van der Waals surface area (Å²) in [6.07, 6.45) is 5.46. The zero-order chi connectivity index (χ0) is 19.7. The highest BCUT2D eigenvalue weighted by molar-refractivity contribution is 5.97. The van der Waals surface area contributed by atoms with E-state index in [1.807, 2.05) is 61.4 Å². The van der Waals surface area contributed by atoms with E-state index >= 15 is 0 Å². The van der Waals surface area contributed by atoms with Crippen LogP contribution >= 0.6 is 0 Å². The van der Waals surface area contributed by atoms with Gasteiger partial charge in [-0.2, -0.15) is 5.10 Å². The predicted molar refractivity (Wildman–Crippen MR) is 109 cm³/mol. The highest BCUT2D eigenvalue weighted by atomic mass is 16.5. The third-order valence-corrected chi connectivity index (χ3v) is 4.87. The Bertz CT molecular complexity index is 1130. The van der Waals surface area contributed by atoms with Crippen LogP contribution in [-0.2, 0) is 13.2 Å². The summed E-state index contributed by atoms with van der Waals surface area (Å²) >= 11 is 0. The molecule has 4 rings (SSSR count). The highest BCUT2D eigenvalue weighted by Gasteiger charge is 2.20. The highest BCUT2D eigenvalue weighted by Crippen LogP contribution is 2.37. The Labute approximate surface area is 163 Å². The molecule has 0 saturated carbocycles. The molecule has 0 aliphatic heterocycles. The second-order valence-corrected chi connectivity index (χ2v) is 6.65. The van der Waals surface area contributed by atoms with Gasteiger partial charge in [0.05, 0.1) is 25.6 Å². The number of fused-ring (bicyclic) bond motifs is 1. The van der Waals surface area contributed by atoms with Crippen LogP contribution in [0.2, 0.25) is 0 Å². The van der Waals surface area contributed by atoms with Crippen molar-refractivity contribution >= 4 is 11.0 Å². The molecule has 142 valence electrons. The number of aryl methyl sites for hydroxylation is 2. The Morgan fingerprint density at radius 3 is 2.50 bits per heavy atom. The van der Waals surface area contributed by atoms with Crippen molar-refractivity contribution in [3.63, 3.8) is 0 Å². The first-order valence-corrected chi connectivity index (χ1v) is 9.22. The zero-order valence-corrected chi connectivity index (χ0v) is 16.2. The lowest BCUT2D eigenvalue weighted by atomic mass is 9.94. The van der Waals surface area contributed by atoms with Crippen LogP contribution in [0.1, 0.15) is 18.1 Å². The van der Waals surface area contributed by atoms with Crippen LogP contribution in [0.4, 0.5) is 0 Å². The van der Waals surface area contributed by atoms with E-state index in [0.29, 0.717) is 6.54 Å².